The third-order valence-corrected chi connectivity index (χ3v) is 6.21. The highest BCUT2D eigenvalue weighted by Crippen LogP contribution is 2.44. The second kappa shape index (κ2) is 10.4. The van der Waals surface area contributed by atoms with Crippen LogP contribution in [0.4, 0.5) is 4.79 Å². The number of esters is 1. The second-order valence-electron chi connectivity index (χ2n) is 8.51. The molecule has 0 atom stereocenters. The van der Waals surface area contributed by atoms with Crippen molar-refractivity contribution in [2.24, 2.45) is 0 Å². The maximum Gasteiger partial charge on any atom is 0.407 e. The molecule has 0 bridgehead atoms. The molecule has 3 aromatic carbocycles. The average Bonchev–Trinajstić information content (AvgIpc) is 3.46. The van der Waals surface area contributed by atoms with E-state index >= 15 is 0 Å². The molecular formula is C30H26N2O4. The monoisotopic (exact) mass is 478 g/mol. The summed E-state index contributed by atoms with van der Waals surface area (Å²) in [5.74, 6) is 5.83. The van der Waals surface area contributed by atoms with Gasteiger partial charge in [0.2, 0.25) is 0 Å². The van der Waals surface area contributed by atoms with Crippen molar-refractivity contribution in [2.45, 2.75) is 19.3 Å². The molecule has 180 valence electrons. The topological polar surface area (TPSA) is 80.4 Å². The number of hydrogen-bond donors (Lipinski definition) is 2. The van der Waals surface area contributed by atoms with Crippen LogP contribution in [0.15, 0.2) is 72.8 Å². The molecule has 1 aromatic heterocycles. The minimum atomic E-state index is -0.446. The zero-order valence-electron chi connectivity index (χ0n) is 20.0. The Morgan fingerprint density at radius 1 is 0.944 bits per heavy atom. The maximum atomic E-state index is 12.3. The molecule has 6 heteroatoms. The summed E-state index contributed by atoms with van der Waals surface area (Å²) in [7, 11) is 0. The Labute approximate surface area is 209 Å². The van der Waals surface area contributed by atoms with Gasteiger partial charge in [-0.3, -0.25) is 0 Å². The molecule has 0 radical (unpaired) electrons. The number of rotatable bonds is 6. The predicted molar refractivity (Wildman–Crippen MR) is 139 cm³/mol. The number of amides is 1. The lowest BCUT2D eigenvalue weighted by molar-refractivity contribution is 0.0520. The first kappa shape index (κ1) is 23.3. The lowest BCUT2D eigenvalue weighted by Gasteiger charge is -2.14. The number of carbonyl (C=O) groups excluding carboxylic acids is 2. The number of benzene rings is 3. The Hall–Kier alpha value is -4.50. The van der Waals surface area contributed by atoms with Crippen LogP contribution in [0.1, 0.15) is 46.4 Å². The fourth-order valence-corrected chi connectivity index (χ4v) is 4.56. The second-order valence-corrected chi connectivity index (χ2v) is 8.51. The van der Waals surface area contributed by atoms with Gasteiger partial charge in [-0.1, -0.05) is 66.4 Å². The third-order valence-electron chi connectivity index (χ3n) is 6.21. The molecule has 1 heterocycles. The Morgan fingerprint density at radius 2 is 1.67 bits per heavy atom. The lowest BCUT2D eigenvalue weighted by Crippen LogP contribution is -2.26. The zero-order chi connectivity index (χ0) is 24.9. The summed E-state index contributed by atoms with van der Waals surface area (Å²) < 4.78 is 10.6. The van der Waals surface area contributed by atoms with E-state index in [-0.39, 0.29) is 18.5 Å². The molecule has 1 amide bonds. The summed E-state index contributed by atoms with van der Waals surface area (Å²) in [5.41, 5.74) is 6.84. The molecule has 0 unspecified atom stereocenters. The summed E-state index contributed by atoms with van der Waals surface area (Å²) in [6, 6.07) is 24.0. The molecule has 5 rings (SSSR count). The summed E-state index contributed by atoms with van der Waals surface area (Å²) >= 11 is 0. The number of H-pyrrole nitrogens is 1. The number of fused-ring (bicyclic) bond motifs is 4. The van der Waals surface area contributed by atoms with Gasteiger partial charge in [0.05, 0.1) is 6.61 Å². The molecule has 0 aliphatic heterocycles. The Balaban J connectivity index is 1.12. The summed E-state index contributed by atoms with van der Waals surface area (Å²) in [5, 5.41) is 3.69. The molecule has 4 aromatic rings. The first-order valence-corrected chi connectivity index (χ1v) is 12.0. The van der Waals surface area contributed by atoms with Crippen molar-refractivity contribution in [2.75, 3.05) is 19.8 Å². The number of hydrogen-bond acceptors (Lipinski definition) is 4. The van der Waals surface area contributed by atoms with Crippen molar-refractivity contribution in [1.82, 2.24) is 10.3 Å². The van der Waals surface area contributed by atoms with Gasteiger partial charge in [0, 0.05) is 35.3 Å². The smallest absolute Gasteiger partial charge is 0.407 e. The minimum Gasteiger partial charge on any atom is -0.461 e. The fourth-order valence-electron chi connectivity index (χ4n) is 4.56. The molecule has 0 saturated carbocycles. The molecular weight excluding hydrogens is 452 g/mol. The SMILES string of the molecule is CCOC(=O)c1cc2ccc(C#CCCNC(=O)OCC3c4ccccc4-c4ccccc43)cc2[nH]1. The van der Waals surface area contributed by atoms with Crippen molar-refractivity contribution >= 4 is 23.0 Å². The maximum absolute atomic E-state index is 12.3. The van der Waals surface area contributed by atoms with Crippen LogP contribution >= 0.6 is 0 Å². The summed E-state index contributed by atoms with van der Waals surface area (Å²) in [6.45, 7) is 2.78. The van der Waals surface area contributed by atoms with Crippen molar-refractivity contribution in [3.8, 4) is 23.0 Å². The van der Waals surface area contributed by atoms with Crippen molar-refractivity contribution in [3.63, 3.8) is 0 Å². The first-order valence-electron chi connectivity index (χ1n) is 12.0. The standard InChI is InChI=1S/C30H26N2O4/c1-2-35-29(33)28-18-21-15-14-20(17-27(21)32-28)9-7-8-16-31-30(34)36-19-26-24-12-5-3-10-22(24)23-11-4-6-13-25(23)26/h3-6,10-15,17-18,26,32H,2,8,16,19H2,1H3,(H,31,34). The van der Waals surface area contributed by atoms with Gasteiger partial charge in [-0.15, -0.1) is 0 Å². The Morgan fingerprint density at radius 3 is 2.39 bits per heavy atom. The van der Waals surface area contributed by atoms with Gasteiger partial charge in [0.25, 0.3) is 0 Å². The minimum absolute atomic E-state index is 0.0372. The molecule has 0 saturated heterocycles. The average molecular weight is 479 g/mol. The van der Waals surface area contributed by atoms with Crippen molar-refractivity contribution < 1.29 is 19.1 Å². The zero-order valence-corrected chi connectivity index (χ0v) is 20.0. The van der Waals surface area contributed by atoms with Crippen LogP contribution < -0.4 is 5.32 Å². The van der Waals surface area contributed by atoms with E-state index in [0.29, 0.717) is 25.3 Å². The lowest BCUT2D eigenvalue weighted by atomic mass is 9.98. The number of alkyl carbamates (subject to hydrolysis) is 1. The van der Waals surface area contributed by atoms with E-state index in [1.54, 1.807) is 13.0 Å². The van der Waals surface area contributed by atoms with E-state index in [2.05, 4.69) is 46.4 Å². The number of ether oxygens (including phenoxy) is 2. The van der Waals surface area contributed by atoms with Crippen LogP contribution in [0.3, 0.4) is 0 Å². The predicted octanol–water partition coefficient (Wildman–Crippen LogP) is 5.62. The Kier molecular flexibility index (Phi) is 6.72. The largest absolute Gasteiger partial charge is 0.461 e. The molecule has 1 aliphatic carbocycles. The van der Waals surface area contributed by atoms with Gasteiger partial charge in [-0.05, 0) is 47.4 Å². The van der Waals surface area contributed by atoms with Crippen LogP contribution in [0.25, 0.3) is 22.0 Å². The van der Waals surface area contributed by atoms with Gasteiger partial charge < -0.3 is 19.8 Å². The third kappa shape index (κ3) is 4.82. The highest BCUT2D eigenvalue weighted by Gasteiger charge is 2.28. The van der Waals surface area contributed by atoms with Crippen molar-refractivity contribution in [1.29, 1.82) is 0 Å². The highest BCUT2D eigenvalue weighted by molar-refractivity contribution is 5.95. The van der Waals surface area contributed by atoms with Crippen LogP contribution in [0.5, 0.6) is 0 Å². The van der Waals surface area contributed by atoms with Crippen LogP contribution in [0.2, 0.25) is 0 Å². The quantitative estimate of drug-likeness (QED) is 0.214. The molecule has 6 nitrogen and oxygen atoms in total. The van der Waals surface area contributed by atoms with Crippen molar-refractivity contribution in [3.05, 3.63) is 95.2 Å². The van der Waals surface area contributed by atoms with Gasteiger partial charge in [-0.2, -0.15) is 0 Å². The summed E-state index contributed by atoms with van der Waals surface area (Å²) in [6.07, 6.45) is 0.0408. The first-order chi connectivity index (χ1) is 17.6. The van der Waals surface area contributed by atoms with E-state index in [1.807, 2.05) is 42.5 Å². The normalized spacial score (nSPS) is 11.8. The van der Waals surface area contributed by atoms with Gasteiger partial charge in [0.15, 0.2) is 0 Å². The number of aromatic amines is 1. The highest BCUT2D eigenvalue weighted by atomic mass is 16.5. The van der Waals surface area contributed by atoms with Crippen LogP contribution in [0, 0.1) is 11.8 Å². The number of aromatic nitrogens is 1. The molecule has 1 aliphatic rings. The van der Waals surface area contributed by atoms with E-state index in [1.165, 1.54) is 22.3 Å². The molecule has 2 N–H and O–H groups in total. The van der Waals surface area contributed by atoms with Gasteiger partial charge in [-0.25, -0.2) is 9.59 Å². The van der Waals surface area contributed by atoms with Crippen LogP contribution in [-0.4, -0.2) is 36.8 Å². The van der Waals surface area contributed by atoms with Gasteiger partial charge >= 0.3 is 12.1 Å². The molecule has 0 fully saturated rings. The van der Waals surface area contributed by atoms with E-state index in [9.17, 15) is 9.59 Å². The fraction of sp³-hybridized carbons (Fsp3) is 0.200. The van der Waals surface area contributed by atoms with E-state index in [4.69, 9.17) is 9.47 Å². The number of carbonyl (C=O) groups is 2. The summed E-state index contributed by atoms with van der Waals surface area (Å²) in [4.78, 5) is 27.3. The Bertz CT molecular complexity index is 1450. The van der Waals surface area contributed by atoms with E-state index in [0.717, 1.165) is 16.5 Å². The van der Waals surface area contributed by atoms with Gasteiger partial charge in [0.1, 0.15) is 12.3 Å². The molecule has 36 heavy (non-hydrogen) atoms. The van der Waals surface area contributed by atoms with E-state index < -0.39 is 6.09 Å². The van der Waals surface area contributed by atoms with Crippen LogP contribution in [-0.2, 0) is 9.47 Å². The molecule has 0 spiro atoms. The number of nitrogens with one attached hydrogen (secondary N) is 2.